The van der Waals surface area contributed by atoms with Crippen molar-refractivity contribution in [2.75, 3.05) is 0 Å². The number of hydrogen-bond donors (Lipinski definition) is 1. The molecule has 0 amide bonds. The summed E-state index contributed by atoms with van der Waals surface area (Å²) in [5.41, 5.74) is 0.486. The number of benzene rings is 1. The van der Waals surface area contributed by atoms with E-state index < -0.39 is 17.5 Å². The molecule has 0 bridgehead atoms. The average molecular weight is 282 g/mol. The molecule has 0 heterocycles. The third-order valence-electron chi connectivity index (χ3n) is 4.10. The summed E-state index contributed by atoms with van der Waals surface area (Å²) in [7, 11) is 0. The summed E-state index contributed by atoms with van der Waals surface area (Å²) >= 11 is 0. The molecule has 2 aliphatic rings. The van der Waals surface area contributed by atoms with E-state index in [0.29, 0.717) is 24.2 Å². The Morgan fingerprint density at radius 2 is 2.00 bits per heavy atom. The van der Waals surface area contributed by atoms with Crippen LogP contribution >= 0.6 is 0 Å². The van der Waals surface area contributed by atoms with Crippen LogP contribution in [0, 0.1) is 6.92 Å². The van der Waals surface area contributed by atoms with E-state index >= 15 is 0 Å². The number of ether oxygens (including phenoxy) is 1. The molecule has 2 fully saturated rings. The van der Waals surface area contributed by atoms with E-state index in [9.17, 15) is 18.7 Å². The first-order valence-corrected chi connectivity index (χ1v) is 6.72. The normalized spacial score (nSPS) is 22.9. The number of rotatable bonds is 4. The summed E-state index contributed by atoms with van der Waals surface area (Å²) in [5.74, 6) is -3.38. The predicted molar refractivity (Wildman–Crippen MR) is 68.3 cm³/mol. The molecular weight excluding hydrogens is 266 g/mol. The summed E-state index contributed by atoms with van der Waals surface area (Å²) in [6.45, 7) is 1.87. The van der Waals surface area contributed by atoms with Gasteiger partial charge in [-0.05, 0) is 30.0 Å². The highest BCUT2D eigenvalue weighted by Gasteiger charge is 2.54. The zero-order chi connectivity index (χ0) is 14.5. The van der Waals surface area contributed by atoms with Crippen molar-refractivity contribution < 1.29 is 23.4 Å². The van der Waals surface area contributed by atoms with Crippen LogP contribution in [0.5, 0.6) is 5.75 Å². The standard InChI is InChI=1S/C15H16F2O3/c1-9-2-3-11(10-7-15(16,17)8-10)12(6-9)20-14(4-5-14)13(18)19/h2-3,6,10H,4-5,7-8H2,1H3,(H,18,19). The fourth-order valence-corrected chi connectivity index (χ4v) is 2.63. The summed E-state index contributed by atoms with van der Waals surface area (Å²) in [5, 5.41) is 9.17. The van der Waals surface area contributed by atoms with Crippen LogP contribution in [0.3, 0.4) is 0 Å². The molecule has 3 rings (SSSR count). The first kappa shape index (κ1) is 13.3. The number of aliphatic carboxylic acids is 1. The van der Waals surface area contributed by atoms with Crippen molar-refractivity contribution in [3.05, 3.63) is 29.3 Å². The molecule has 2 saturated carbocycles. The minimum atomic E-state index is -2.60. The fraction of sp³-hybridized carbons (Fsp3) is 0.533. The van der Waals surface area contributed by atoms with Crippen LogP contribution < -0.4 is 4.74 Å². The molecule has 1 aromatic rings. The second-order valence-electron chi connectivity index (χ2n) is 5.90. The highest BCUT2D eigenvalue weighted by Crippen LogP contribution is 2.52. The van der Waals surface area contributed by atoms with Crippen molar-refractivity contribution in [1.29, 1.82) is 0 Å². The van der Waals surface area contributed by atoms with E-state index in [1.165, 1.54) is 0 Å². The van der Waals surface area contributed by atoms with Crippen LogP contribution in [0.15, 0.2) is 18.2 Å². The second kappa shape index (κ2) is 4.17. The van der Waals surface area contributed by atoms with Crippen molar-refractivity contribution in [1.82, 2.24) is 0 Å². The van der Waals surface area contributed by atoms with Crippen molar-refractivity contribution in [2.24, 2.45) is 0 Å². The van der Waals surface area contributed by atoms with Crippen LogP contribution in [0.4, 0.5) is 8.78 Å². The van der Waals surface area contributed by atoms with Gasteiger partial charge in [-0.1, -0.05) is 12.1 Å². The Bertz CT molecular complexity index is 556. The molecule has 0 aromatic heterocycles. The molecular formula is C15H16F2O3. The van der Waals surface area contributed by atoms with E-state index in [1.807, 2.05) is 13.0 Å². The molecule has 0 spiro atoms. The Morgan fingerprint density at radius 3 is 2.50 bits per heavy atom. The first-order chi connectivity index (χ1) is 9.31. The third-order valence-corrected chi connectivity index (χ3v) is 4.10. The van der Waals surface area contributed by atoms with Gasteiger partial charge in [-0.15, -0.1) is 0 Å². The molecule has 2 aliphatic carbocycles. The van der Waals surface area contributed by atoms with E-state index in [2.05, 4.69) is 0 Å². The molecule has 1 N–H and O–H groups in total. The van der Waals surface area contributed by atoms with Crippen LogP contribution in [0.2, 0.25) is 0 Å². The largest absolute Gasteiger partial charge is 0.478 e. The van der Waals surface area contributed by atoms with Gasteiger partial charge in [0.15, 0.2) is 0 Å². The molecule has 108 valence electrons. The average Bonchev–Trinajstić information content (AvgIpc) is 3.07. The highest BCUT2D eigenvalue weighted by molar-refractivity contribution is 5.81. The molecule has 0 saturated heterocycles. The Balaban J connectivity index is 1.86. The van der Waals surface area contributed by atoms with Gasteiger partial charge in [0.05, 0.1) is 0 Å². The number of carboxylic acids is 1. The number of halogens is 2. The smallest absolute Gasteiger partial charge is 0.348 e. The Labute approximate surface area is 115 Å². The first-order valence-electron chi connectivity index (χ1n) is 6.72. The Morgan fingerprint density at radius 1 is 1.35 bits per heavy atom. The number of alkyl halides is 2. The third kappa shape index (κ3) is 2.25. The van der Waals surface area contributed by atoms with Crippen LogP contribution in [0.25, 0.3) is 0 Å². The maximum Gasteiger partial charge on any atom is 0.348 e. The predicted octanol–water partition coefficient (Wildman–Crippen LogP) is 3.50. The highest BCUT2D eigenvalue weighted by atomic mass is 19.3. The molecule has 0 atom stereocenters. The summed E-state index contributed by atoms with van der Waals surface area (Å²) in [6.07, 6.45) is 0.562. The van der Waals surface area contributed by atoms with Crippen LogP contribution in [0.1, 0.15) is 42.7 Å². The zero-order valence-corrected chi connectivity index (χ0v) is 11.2. The maximum atomic E-state index is 13.0. The molecule has 5 heteroatoms. The number of hydrogen-bond acceptors (Lipinski definition) is 2. The van der Waals surface area contributed by atoms with Gasteiger partial charge in [-0.25, -0.2) is 13.6 Å². The quantitative estimate of drug-likeness (QED) is 0.919. The van der Waals surface area contributed by atoms with Gasteiger partial charge in [-0.3, -0.25) is 0 Å². The van der Waals surface area contributed by atoms with Crippen molar-refractivity contribution in [3.63, 3.8) is 0 Å². The Hall–Kier alpha value is -1.65. The van der Waals surface area contributed by atoms with E-state index in [1.54, 1.807) is 12.1 Å². The summed E-state index contributed by atoms with van der Waals surface area (Å²) < 4.78 is 31.7. The zero-order valence-electron chi connectivity index (χ0n) is 11.2. The van der Waals surface area contributed by atoms with Gasteiger partial charge in [0.1, 0.15) is 5.75 Å². The van der Waals surface area contributed by atoms with Gasteiger partial charge in [0, 0.05) is 25.7 Å². The topological polar surface area (TPSA) is 46.5 Å². The van der Waals surface area contributed by atoms with E-state index in [4.69, 9.17) is 4.74 Å². The van der Waals surface area contributed by atoms with Crippen molar-refractivity contribution in [3.8, 4) is 5.75 Å². The summed E-state index contributed by atoms with van der Waals surface area (Å²) in [6, 6.07) is 5.37. The lowest BCUT2D eigenvalue weighted by Gasteiger charge is -2.36. The lowest BCUT2D eigenvalue weighted by atomic mass is 9.76. The van der Waals surface area contributed by atoms with Crippen LogP contribution in [-0.4, -0.2) is 22.6 Å². The van der Waals surface area contributed by atoms with E-state index in [-0.39, 0.29) is 18.8 Å². The molecule has 0 aliphatic heterocycles. The maximum absolute atomic E-state index is 13.0. The van der Waals surface area contributed by atoms with Gasteiger partial charge in [0.25, 0.3) is 0 Å². The van der Waals surface area contributed by atoms with Gasteiger partial charge in [0.2, 0.25) is 11.5 Å². The molecule has 20 heavy (non-hydrogen) atoms. The van der Waals surface area contributed by atoms with Gasteiger partial charge in [-0.2, -0.15) is 0 Å². The van der Waals surface area contributed by atoms with Crippen LogP contribution in [-0.2, 0) is 4.79 Å². The molecule has 0 radical (unpaired) electrons. The SMILES string of the molecule is Cc1ccc(C2CC(F)(F)C2)c(OC2(C(=O)O)CC2)c1. The number of carbonyl (C=O) groups is 1. The van der Waals surface area contributed by atoms with Crippen molar-refractivity contribution >= 4 is 5.97 Å². The lowest BCUT2D eigenvalue weighted by molar-refractivity contribution is -0.147. The van der Waals surface area contributed by atoms with Gasteiger partial charge >= 0.3 is 5.97 Å². The second-order valence-corrected chi connectivity index (χ2v) is 5.90. The Kier molecular flexibility index (Phi) is 2.78. The molecule has 3 nitrogen and oxygen atoms in total. The molecule has 0 unspecified atom stereocenters. The van der Waals surface area contributed by atoms with Gasteiger partial charge < -0.3 is 9.84 Å². The van der Waals surface area contributed by atoms with E-state index in [0.717, 1.165) is 5.56 Å². The number of aryl methyl sites for hydroxylation is 1. The minimum Gasteiger partial charge on any atom is -0.478 e. The fourth-order valence-electron chi connectivity index (χ4n) is 2.63. The lowest BCUT2D eigenvalue weighted by Crippen LogP contribution is -2.35. The minimum absolute atomic E-state index is 0.188. The van der Waals surface area contributed by atoms with Crippen molar-refractivity contribution in [2.45, 2.75) is 50.0 Å². The molecule has 1 aromatic carbocycles. The monoisotopic (exact) mass is 282 g/mol. The summed E-state index contributed by atoms with van der Waals surface area (Å²) in [4.78, 5) is 11.2. The number of carboxylic acid groups (broad SMARTS) is 1.